The maximum Gasteiger partial charge on any atom is 0.220 e. The van der Waals surface area contributed by atoms with E-state index in [2.05, 4.69) is 19.2 Å². The Morgan fingerprint density at radius 2 is 1.95 bits per heavy atom. The van der Waals surface area contributed by atoms with Crippen LogP contribution in [0, 0.1) is 5.92 Å². The van der Waals surface area contributed by atoms with Crippen molar-refractivity contribution in [2.45, 2.75) is 52.4 Å². The number of benzene rings is 1. The van der Waals surface area contributed by atoms with Crippen LogP contribution in [0.5, 0.6) is 5.75 Å². The summed E-state index contributed by atoms with van der Waals surface area (Å²) in [6, 6.07) is 7.04. The second-order valence-electron chi connectivity index (χ2n) is 5.39. The monoisotopic (exact) mass is 277 g/mol. The van der Waals surface area contributed by atoms with Crippen molar-refractivity contribution in [3.8, 4) is 5.75 Å². The Morgan fingerprint density at radius 3 is 2.55 bits per heavy atom. The summed E-state index contributed by atoms with van der Waals surface area (Å²) < 4.78 is 0. The van der Waals surface area contributed by atoms with Gasteiger partial charge in [0.15, 0.2) is 0 Å². The third-order valence-corrected chi connectivity index (χ3v) is 3.71. The number of aromatic hydroxyl groups is 1. The molecule has 0 fully saturated rings. The van der Waals surface area contributed by atoms with Crippen molar-refractivity contribution in [1.29, 1.82) is 0 Å². The van der Waals surface area contributed by atoms with Gasteiger partial charge in [0.1, 0.15) is 5.75 Å². The molecule has 0 heterocycles. The van der Waals surface area contributed by atoms with Crippen LogP contribution in [0.1, 0.15) is 51.5 Å². The molecule has 0 saturated carbocycles. The summed E-state index contributed by atoms with van der Waals surface area (Å²) in [6.45, 7) is 5.18. The number of rotatable bonds is 9. The molecular weight excluding hydrogens is 250 g/mol. The molecule has 112 valence electrons. The first kappa shape index (κ1) is 16.5. The SMILES string of the molecule is CCCCC(CC)CNC(=O)CCc1ccc(O)cc1. The van der Waals surface area contributed by atoms with Gasteiger partial charge in [-0.3, -0.25) is 4.79 Å². The van der Waals surface area contributed by atoms with E-state index >= 15 is 0 Å². The number of aryl methyl sites for hydroxylation is 1. The topological polar surface area (TPSA) is 49.3 Å². The van der Waals surface area contributed by atoms with Crippen molar-refractivity contribution in [1.82, 2.24) is 5.32 Å². The third kappa shape index (κ3) is 6.60. The Hall–Kier alpha value is -1.51. The maximum atomic E-state index is 11.8. The van der Waals surface area contributed by atoms with Crippen LogP contribution in [0.2, 0.25) is 0 Å². The molecule has 1 unspecified atom stereocenters. The average Bonchev–Trinajstić information content (AvgIpc) is 2.47. The highest BCUT2D eigenvalue weighted by Crippen LogP contribution is 2.12. The number of hydrogen-bond acceptors (Lipinski definition) is 2. The molecule has 0 aromatic heterocycles. The van der Waals surface area contributed by atoms with Gasteiger partial charge in [-0.25, -0.2) is 0 Å². The summed E-state index contributed by atoms with van der Waals surface area (Å²) in [5.41, 5.74) is 1.08. The zero-order chi connectivity index (χ0) is 14.8. The molecule has 0 saturated heterocycles. The molecule has 1 aromatic rings. The second-order valence-corrected chi connectivity index (χ2v) is 5.39. The number of carbonyl (C=O) groups is 1. The van der Waals surface area contributed by atoms with E-state index in [-0.39, 0.29) is 11.7 Å². The summed E-state index contributed by atoms with van der Waals surface area (Å²) in [5.74, 6) is 0.987. The van der Waals surface area contributed by atoms with Crippen molar-refractivity contribution in [3.05, 3.63) is 29.8 Å². The van der Waals surface area contributed by atoms with E-state index in [0.29, 0.717) is 12.3 Å². The standard InChI is InChI=1S/C17H27NO2/c1-3-5-6-14(4-2)13-18-17(20)12-9-15-7-10-16(19)11-8-15/h7-8,10-11,14,19H,3-6,9,12-13H2,1-2H3,(H,18,20). The largest absolute Gasteiger partial charge is 0.508 e. The summed E-state index contributed by atoms with van der Waals surface area (Å²) in [5, 5.41) is 12.2. The van der Waals surface area contributed by atoms with Crippen molar-refractivity contribution < 1.29 is 9.90 Å². The Labute approximate surface area is 122 Å². The van der Waals surface area contributed by atoms with Crippen molar-refractivity contribution in [3.63, 3.8) is 0 Å². The predicted molar refractivity (Wildman–Crippen MR) is 82.7 cm³/mol. The van der Waals surface area contributed by atoms with Gasteiger partial charge in [-0.15, -0.1) is 0 Å². The van der Waals surface area contributed by atoms with Gasteiger partial charge in [0.05, 0.1) is 0 Å². The number of hydrogen-bond donors (Lipinski definition) is 2. The van der Waals surface area contributed by atoms with E-state index in [4.69, 9.17) is 0 Å². The Kier molecular flexibility index (Phi) is 7.78. The first-order chi connectivity index (χ1) is 9.65. The van der Waals surface area contributed by atoms with Crippen LogP contribution in [-0.4, -0.2) is 17.6 Å². The van der Waals surface area contributed by atoms with E-state index in [1.54, 1.807) is 12.1 Å². The van der Waals surface area contributed by atoms with E-state index < -0.39 is 0 Å². The minimum Gasteiger partial charge on any atom is -0.508 e. The molecule has 0 aliphatic carbocycles. The van der Waals surface area contributed by atoms with E-state index in [9.17, 15) is 9.90 Å². The van der Waals surface area contributed by atoms with Gasteiger partial charge in [-0.1, -0.05) is 45.2 Å². The smallest absolute Gasteiger partial charge is 0.220 e. The van der Waals surface area contributed by atoms with Gasteiger partial charge in [-0.05, 0) is 36.5 Å². The minimum absolute atomic E-state index is 0.119. The average molecular weight is 277 g/mol. The van der Waals surface area contributed by atoms with Crippen LogP contribution in [0.3, 0.4) is 0 Å². The lowest BCUT2D eigenvalue weighted by Crippen LogP contribution is -2.29. The molecular formula is C17H27NO2. The maximum absolute atomic E-state index is 11.8. The zero-order valence-electron chi connectivity index (χ0n) is 12.7. The lowest BCUT2D eigenvalue weighted by atomic mass is 9.99. The molecule has 3 heteroatoms. The molecule has 1 amide bonds. The van der Waals surface area contributed by atoms with Crippen LogP contribution in [0.15, 0.2) is 24.3 Å². The number of phenols is 1. The minimum atomic E-state index is 0.119. The number of unbranched alkanes of at least 4 members (excludes halogenated alkanes) is 1. The predicted octanol–water partition coefficient (Wildman–Crippen LogP) is 3.66. The number of carbonyl (C=O) groups excluding carboxylic acids is 1. The number of nitrogens with one attached hydrogen (secondary N) is 1. The molecule has 0 radical (unpaired) electrons. The lowest BCUT2D eigenvalue weighted by Gasteiger charge is -2.15. The van der Waals surface area contributed by atoms with Crippen LogP contribution in [0.25, 0.3) is 0 Å². The Morgan fingerprint density at radius 1 is 1.25 bits per heavy atom. The molecule has 1 aromatic carbocycles. The van der Waals surface area contributed by atoms with E-state index in [0.717, 1.165) is 24.9 Å². The molecule has 0 aliphatic heterocycles. The number of phenolic OH excluding ortho intramolecular Hbond substituents is 1. The first-order valence-corrected chi connectivity index (χ1v) is 7.70. The summed E-state index contributed by atoms with van der Waals surface area (Å²) in [4.78, 5) is 11.8. The fourth-order valence-corrected chi connectivity index (χ4v) is 2.21. The van der Waals surface area contributed by atoms with Gasteiger partial charge >= 0.3 is 0 Å². The van der Waals surface area contributed by atoms with Gasteiger partial charge in [-0.2, -0.15) is 0 Å². The molecule has 3 nitrogen and oxygen atoms in total. The molecule has 2 N–H and O–H groups in total. The van der Waals surface area contributed by atoms with Gasteiger partial charge in [0.25, 0.3) is 0 Å². The number of amides is 1. The molecule has 0 aliphatic rings. The van der Waals surface area contributed by atoms with Gasteiger partial charge in [0.2, 0.25) is 5.91 Å². The summed E-state index contributed by atoms with van der Waals surface area (Å²) >= 11 is 0. The highest BCUT2D eigenvalue weighted by molar-refractivity contribution is 5.76. The molecule has 0 spiro atoms. The second kappa shape index (κ2) is 9.40. The van der Waals surface area contributed by atoms with Crippen LogP contribution < -0.4 is 5.32 Å². The highest BCUT2D eigenvalue weighted by Gasteiger charge is 2.08. The van der Waals surface area contributed by atoms with Crippen LogP contribution in [-0.2, 0) is 11.2 Å². The summed E-state index contributed by atoms with van der Waals surface area (Å²) in [6.07, 6.45) is 6.00. The van der Waals surface area contributed by atoms with Crippen LogP contribution in [0.4, 0.5) is 0 Å². The van der Waals surface area contributed by atoms with Gasteiger partial charge in [0, 0.05) is 13.0 Å². The first-order valence-electron chi connectivity index (χ1n) is 7.70. The third-order valence-electron chi connectivity index (χ3n) is 3.71. The zero-order valence-corrected chi connectivity index (χ0v) is 12.7. The summed E-state index contributed by atoms with van der Waals surface area (Å²) in [7, 11) is 0. The fraction of sp³-hybridized carbons (Fsp3) is 0.588. The highest BCUT2D eigenvalue weighted by atomic mass is 16.3. The van der Waals surface area contributed by atoms with Crippen molar-refractivity contribution in [2.24, 2.45) is 5.92 Å². The molecule has 1 atom stereocenters. The normalized spacial score (nSPS) is 12.1. The van der Waals surface area contributed by atoms with Gasteiger partial charge < -0.3 is 10.4 Å². The molecule has 20 heavy (non-hydrogen) atoms. The van der Waals surface area contributed by atoms with Crippen molar-refractivity contribution >= 4 is 5.91 Å². The van der Waals surface area contributed by atoms with E-state index in [1.165, 1.54) is 19.3 Å². The van der Waals surface area contributed by atoms with E-state index in [1.807, 2.05) is 12.1 Å². The van der Waals surface area contributed by atoms with Crippen LogP contribution >= 0.6 is 0 Å². The lowest BCUT2D eigenvalue weighted by molar-refractivity contribution is -0.121. The Balaban J connectivity index is 2.24. The quantitative estimate of drug-likeness (QED) is 0.723. The Bertz CT molecular complexity index is 386. The molecule has 0 bridgehead atoms. The molecule has 1 rings (SSSR count). The van der Waals surface area contributed by atoms with Crippen molar-refractivity contribution in [2.75, 3.05) is 6.54 Å². The fourth-order valence-electron chi connectivity index (χ4n) is 2.21.